The maximum Gasteiger partial charge on any atom is 0.316 e. The number of thioether (sulfide) groups is 1. The molecule has 4 rings (SSSR count). The molecule has 39 heavy (non-hydrogen) atoms. The molecule has 13 heteroatoms. The van der Waals surface area contributed by atoms with Gasteiger partial charge in [0.25, 0.3) is 10.0 Å². The van der Waals surface area contributed by atoms with Crippen molar-refractivity contribution >= 4 is 55.8 Å². The number of aromatic nitrogens is 2. The van der Waals surface area contributed by atoms with Gasteiger partial charge in [-0.3, -0.25) is 19.2 Å². The Balaban J connectivity index is 1.54. The smallest absolute Gasteiger partial charge is 0.316 e. The summed E-state index contributed by atoms with van der Waals surface area (Å²) in [6, 6.07) is 22.0. The van der Waals surface area contributed by atoms with Crippen LogP contribution >= 0.6 is 23.1 Å². The van der Waals surface area contributed by atoms with E-state index in [0.29, 0.717) is 15.8 Å². The number of carbonyl (C=O) groups excluding carboxylic acids is 2. The van der Waals surface area contributed by atoms with Gasteiger partial charge < -0.3 is 9.47 Å². The number of amides is 1. The van der Waals surface area contributed by atoms with Crippen LogP contribution in [0.4, 0.5) is 10.8 Å². The lowest BCUT2D eigenvalue weighted by Gasteiger charge is -2.24. The van der Waals surface area contributed by atoms with Crippen molar-refractivity contribution in [1.29, 1.82) is 0 Å². The van der Waals surface area contributed by atoms with Gasteiger partial charge in [-0.25, -0.2) is 8.42 Å². The molecule has 1 aromatic heterocycles. The molecule has 3 aromatic carbocycles. The highest BCUT2D eigenvalue weighted by Gasteiger charge is 2.28. The molecule has 202 valence electrons. The second kappa shape index (κ2) is 12.7. The van der Waals surface area contributed by atoms with E-state index < -0.39 is 28.4 Å². The summed E-state index contributed by atoms with van der Waals surface area (Å²) in [5.41, 5.74) is 1.18. The normalized spacial score (nSPS) is 11.0. The lowest BCUT2D eigenvalue weighted by Crippen LogP contribution is -2.38. The van der Waals surface area contributed by atoms with Crippen LogP contribution in [0.25, 0.3) is 0 Å². The predicted molar refractivity (Wildman–Crippen MR) is 150 cm³/mol. The Labute approximate surface area is 234 Å². The zero-order chi connectivity index (χ0) is 27.8. The molecule has 0 atom stereocenters. The van der Waals surface area contributed by atoms with Gasteiger partial charge in [-0.2, -0.15) is 0 Å². The van der Waals surface area contributed by atoms with Crippen molar-refractivity contribution in [3.63, 3.8) is 0 Å². The van der Waals surface area contributed by atoms with E-state index in [9.17, 15) is 18.0 Å². The van der Waals surface area contributed by atoms with E-state index in [2.05, 4.69) is 20.3 Å². The fraction of sp³-hybridized carbons (Fsp3) is 0.154. The van der Waals surface area contributed by atoms with Crippen LogP contribution in [0.3, 0.4) is 0 Å². The summed E-state index contributed by atoms with van der Waals surface area (Å²) in [5.74, 6) is 0.155. The lowest BCUT2D eigenvalue weighted by atomic mass is 10.2. The molecular weight excluding hydrogens is 561 g/mol. The molecule has 0 aliphatic rings. The quantitative estimate of drug-likeness (QED) is 0.151. The molecule has 0 saturated carbocycles. The number of rotatable bonds is 11. The standard InChI is InChI=1S/C26H24N4O6S3/c1-18-8-14-22(15-9-18)39(33,34)30(19-10-12-21(13-11-19)36-20-6-4-3-5-7-20)16-23(31)27-25-28-29-26(38-25)37-17-24(32)35-2/h3-15H,16-17H2,1-2H3,(H,27,28,31). The molecule has 0 radical (unpaired) electrons. The largest absolute Gasteiger partial charge is 0.468 e. The molecule has 0 spiro atoms. The summed E-state index contributed by atoms with van der Waals surface area (Å²) in [6.45, 7) is 1.34. The number of benzene rings is 3. The van der Waals surface area contributed by atoms with E-state index >= 15 is 0 Å². The van der Waals surface area contributed by atoms with Crippen LogP contribution < -0.4 is 14.4 Å². The topological polar surface area (TPSA) is 128 Å². The van der Waals surface area contributed by atoms with Gasteiger partial charge in [0, 0.05) is 0 Å². The van der Waals surface area contributed by atoms with Gasteiger partial charge in [0.2, 0.25) is 11.0 Å². The Bertz CT molecular complexity index is 1530. The molecule has 0 aliphatic heterocycles. The molecule has 0 unspecified atom stereocenters. The van der Waals surface area contributed by atoms with Gasteiger partial charge in [-0.1, -0.05) is 59.0 Å². The highest BCUT2D eigenvalue weighted by molar-refractivity contribution is 8.01. The van der Waals surface area contributed by atoms with Crippen LogP contribution in [0.1, 0.15) is 5.56 Å². The van der Waals surface area contributed by atoms with Gasteiger partial charge in [-0.15, -0.1) is 10.2 Å². The fourth-order valence-electron chi connectivity index (χ4n) is 3.25. The third-order valence-corrected chi connectivity index (χ3v) is 8.93. The summed E-state index contributed by atoms with van der Waals surface area (Å²) < 4.78 is 39.1. The predicted octanol–water partition coefficient (Wildman–Crippen LogP) is 4.74. The maximum atomic E-state index is 13.6. The van der Waals surface area contributed by atoms with E-state index in [1.807, 2.05) is 25.1 Å². The van der Waals surface area contributed by atoms with Gasteiger partial charge in [0.1, 0.15) is 18.0 Å². The number of nitrogens with one attached hydrogen (secondary N) is 1. The van der Waals surface area contributed by atoms with E-state index in [1.54, 1.807) is 48.5 Å². The number of nitrogens with zero attached hydrogens (tertiary/aromatic N) is 3. The maximum absolute atomic E-state index is 13.6. The van der Waals surface area contributed by atoms with Crippen molar-refractivity contribution < 1.29 is 27.5 Å². The van der Waals surface area contributed by atoms with Crippen molar-refractivity contribution in [3.05, 3.63) is 84.4 Å². The highest BCUT2D eigenvalue weighted by Crippen LogP contribution is 2.29. The number of para-hydroxylation sites is 1. The third kappa shape index (κ3) is 7.56. The summed E-state index contributed by atoms with van der Waals surface area (Å²) in [5, 5.41) is 10.6. The zero-order valence-electron chi connectivity index (χ0n) is 20.9. The van der Waals surface area contributed by atoms with Crippen molar-refractivity contribution in [2.24, 2.45) is 0 Å². The van der Waals surface area contributed by atoms with Gasteiger partial charge in [0.15, 0.2) is 4.34 Å². The van der Waals surface area contributed by atoms with Crippen LogP contribution in [0.15, 0.2) is 88.1 Å². The summed E-state index contributed by atoms with van der Waals surface area (Å²) in [6.07, 6.45) is 0. The molecule has 1 amide bonds. The first-order chi connectivity index (χ1) is 18.7. The molecule has 4 aromatic rings. The number of methoxy groups -OCH3 is 1. The van der Waals surface area contributed by atoms with Crippen molar-refractivity contribution in [3.8, 4) is 11.5 Å². The summed E-state index contributed by atoms with van der Waals surface area (Å²) in [7, 11) is -2.82. The molecule has 0 fully saturated rings. The number of hydrogen-bond acceptors (Lipinski definition) is 10. The highest BCUT2D eigenvalue weighted by atomic mass is 32.2. The SMILES string of the molecule is COC(=O)CSc1nnc(NC(=O)CN(c2ccc(Oc3ccccc3)cc2)S(=O)(=O)c2ccc(C)cc2)s1. The van der Waals surface area contributed by atoms with Crippen LogP contribution in [-0.2, 0) is 24.3 Å². The molecule has 10 nitrogen and oxygen atoms in total. The number of esters is 1. The monoisotopic (exact) mass is 584 g/mol. The number of hydrogen-bond donors (Lipinski definition) is 1. The summed E-state index contributed by atoms with van der Waals surface area (Å²) in [4.78, 5) is 24.4. The van der Waals surface area contributed by atoms with Crippen molar-refractivity contribution in [2.45, 2.75) is 16.2 Å². The molecule has 0 bridgehead atoms. The third-order valence-electron chi connectivity index (χ3n) is 5.19. The average molecular weight is 585 g/mol. The van der Waals surface area contributed by atoms with E-state index in [0.717, 1.165) is 33.0 Å². The van der Waals surface area contributed by atoms with Gasteiger partial charge >= 0.3 is 5.97 Å². The Morgan fingerprint density at radius 3 is 2.28 bits per heavy atom. The van der Waals surface area contributed by atoms with E-state index in [4.69, 9.17) is 4.74 Å². The van der Waals surface area contributed by atoms with Crippen molar-refractivity contribution in [1.82, 2.24) is 10.2 Å². The molecule has 0 aliphatic carbocycles. The number of anilines is 2. The van der Waals surface area contributed by atoms with Crippen molar-refractivity contribution in [2.75, 3.05) is 29.0 Å². The second-order valence-electron chi connectivity index (χ2n) is 8.02. The average Bonchev–Trinajstić information content (AvgIpc) is 3.38. The van der Waals surface area contributed by atoms with Crippen LogP contribution in [0, 0.1) is 6.92 Å². The Hall–Kier alpha value is -3.94. The first kappa shape index (κ1) is 28.1. The summed E-state index contributed by atoms with van der Waals surface area (Å²) >= 11 is 2.18. The van der Waals surface area contributed by atoms with Gasteiger partial charge in [0.05, 0.1) is 23.4 Å². The number of carbonyl (C=O) groups is 2. The number of aryl methyl sites for hydroxylation is 1. The lowest BCUT2D eigenvalue weighted by molar-refractivity contribution is -0.137. The van der Waals surface area contributed by atoms with Gasteiger partial charge in [-0.05, 0) is 55.5 Å². The minimum absolute atomic E-state index is 0.0444. The molecule has 1 heterocycles. The Morgan fingerprint density at radius 1 is 0.949 bits per heavy atom. The minimum atomic E-state index is -4.10. The first-order valence-corrected chi connectivity index (χ1v) is 14.7. The fourth-order valence-corrected chi connectivity index (χ4v) is 6.27. The van der Waals surface area contributed by atoms with E-state index in [1.165, 1.54) is 19.2 Å². The number of ether oxygens (including phenoxy) is 2. The second-order valence-corrected chi connectivity index (χ2v) is 12.1. The Kier molecular flexibility index (Phi) is 9.17. The van der Waals surface area contributed by atoms with Crippen LogP contribution in [-0.4, -0.2) is 49.9 Å². The van der Waals surface area contributed by atoms with Crippen LogP contribution in [0.2, 0.25) is 0 Å². The molecule has 1 N–H and O–H groups in total. The number of sulfonamides is 1. The van der Waals surface area contributed by atoms with E-state index in [-0.39, 0.29) is 21.5 Å². The van der Waals surface area contributed by atoms with Crippen LogP contribution in [0.5, 0.6) is 11.5 Å². The zero-order valence-corrected chi connectivity index (χ0v) is 23.4. The minimum Gasteiger partial charge on any atom is -0.468 e. The first-order valence-electron chi connectivity index (χ1n) is 11.5. The molecule has 0 saturated heterocycles. The Morgan fingerprint density at radius 2 is 1.62 bits per heavy atom. The molecular formula is C26H24N4O6S3.